The Bertz CT molecular complexity index is 668. The van der Waals surface area contributed by atoms with Gasteiger partial charge < -0.3 is 10.1 Å². The van der Waals surface area contributed by atoms with Crippen molar-refractivity contribution in [2.24, 2.45) is 0 Å². The number of carbonyl (C=O) groups is 1. The predicted molar refractivity (Wildman–Crippen MR) is 114 cm³/mol. The second-order valence-electron chi connectivity index (χ2n) is 6.89. The molecular formula is C21H29ClN2O2S. The molecule has 2 aromatic rings. The Balaban J connectivity index is 0.00000261. The van der Waals surface area contributed by atoms with Crippen molar-refractivity contribution in [3.05, 3.63) is 52.2 Å². The zero-order chi connectivity index (χ0) is 18.2. The second kappa shape index (κ2) is 11.3. The van der Waals surface area contributed by atoms with Gasteiger partial charge in [0.05, 0.1) is 6.04 Å². The van der Waals surface area contributed by atoms with E-state index in [0.29, 0.717) is 6.54 Å². The number of benzene rings is 1. The number of rotatable bonds is 7. The number of carbonyl (C=O) groups excluding carboxylic acids is 1. The van der Waals surface area contributed by atoms with Gasteiger partial charge >= 0.3 is 0 Å². The van der Waals surface area contributed by atoms with Gasteiger partial charge in [-0.3, -0.25) is 9.69 Å². The number of likely N-dealkylation sites (tertiary alicyclic amines) is 1. The van der Waals surface area contributed by atoms with Crippen LogP contribution in [-0.4, -0.2) is 37.0 Å². The van der Waals surface area contributed by atoms with E-state index in [9.17, 15) is 4.79 Å². The average Bonchev–Trinajstić information content (AvgIpc) is 3.04. The van der Waals surface area contributed by atoms with Crippen LogP contribution in [0.25, 0.3) is 0 Å². The lowest BCUT2D eigenvalue weighted by Gasteiger charge is -2.30. The Labute approximate surface area is 172 Å². The van der Waals surface area contributed by atoms with Gasteiger partial charge in [-0.15, -0.1) is 23.7 Å². The van der Waals surface area contributed by atoms with Gasteiger partial charge in [-0.1, -0.05) is 36.6 Å². The SMILES string of the molecule is Cc1ccc(OCC(=O)NCC(c2cccs2)N2CCCCCC2)cc1.Cl. The number of hydrogen-bond acceptors (Lipinski definition) is 4. The maximum absolute atomic E-state index is 12.3. The van der Waals surface area contributed by atoms with Gasteiger partial charge in [-0.25, -0.2) is 0 Å². The first-order chi connectivity index (χ1) is 12.7. The Hall–Kier alpha value is -1.56. The summed E-state index contributed by atoms with van der Waals surface area (Å²) in [6, 6.07) is 12.3. The molecule has 6 heteroatoms. The van der Waals surface area contributed by atoms with Crippen LogP contribution < -0.4 is 10.1 Å². The molecule has 1 amide bonds. The summed E-state index contributed by atoms with van der Waals surface area (Å²) in [5.41, 5.74) is 1.18. The van der Waals surface area contributed by atoms with E-state index in [4.69, 9.17) is 4.74 Å². The molecule has 0 aliphatic carbocycles. The smallest absolute Gasteiger partial charge is 0.258 e. The highest BCUT2D eigenvalue weighted by molar-refractivity contribution is 7.10. The number of hydrogen-bond donors (Lipinski definition) is 1. The molecule has 1 unspecified atom stereocenters. The van der Waals surface area contributed by atoms with Gasteiger partial charge in [0.2, 0.25) is 0 Å². The van der Waals surface area contributed by atoms with Crippen LogP contribution in [0.2, 0.25) is 0 Å². The number of nitrogens with zero attached hydrogens (tertiary/aromatic N) is 1. The molecule has 2 heterocycles. The number of ether oxygens (including phenoxy) is 1. The van der Waals surface area contributed by atoms with Crippen LogP contribution in [0, 0.1) is 6.92 Å². The standard InChI is InChI=1S/C21H28N2O2S.ClH/c1-17-8-10-18(11-9-17)25-16-21(24)22-15-19(20-7-6-14-26-20)23-12-4-2-3-5-13-23;/h6-11,14,19H,2-5,12-13,15-16H2,1H3,(H,22,24);1H. The lowest BCUT2D eigenvalue weighted by atomic mass is 10.2. The zero-order valence-corrected chi connectivity index (χ0v) is 17.5. The van der Waals surface area contributed by atoms with Gasteiger partial charge in [-0.05, 0) is 56.4 Å². The molecule has 1 saturated heterocycles. The van der Waals surface area contributed by atoms with Crippen LogP contribution >= 0.6 is 23.7 Å². The highest BCUT2D eigenvalue weighted by Gasteiger charge is 2.23. The predicted octanol–water partition coefficient (Wildman–Crippen LogP) is 4.59. The Kier molecular flexibility index (Phi) is 9.11. The third-order valence-electron chi connectivity index (χ3n) is 4.84. The highest BCUT2D eigenvalue weighted by Crippen LogP contribution is 2.27. The van der Waals surface area contributed by atoms with Crippen molar-refractivity contribution in [1.29, 1.82) is 0 Å². The minimum atomic E-state index is -0.0676. The van der Waals surface area contributed by atoms with Crippen LogP contribution in [0.3, 0.4) is 0 Å². The fourth-order valence-corrected chi connectivity index (χ4v) is 4.20. The molecule has 1 N–H and O–H groups in total. The fourth-order valence-electron chi connectivity index (χ4n) is 3.34. The Morgan fingerprint density at radius 3 is 2.48 bits per heavy atom. The lowest BCUT2D eigenvalue weighted by molar-refractivity contribution is -0.123. The normalized spacial score (nSPS) is 16.0. The Morgan fingerprint density at radius 1 is 1.15 bits per heavy atom. The van der Waals surface area contributed by atoms with Crippen molar-refractivity contribution in [1.82, 2.24) is 10.2 Å². The van der Waals surface area contributed by atoms with E-state index in [1.807, 2.05) is 31.2 Å². The average molecular weight is 409 g/mol. The summed E-state index contributed by atoms with van der Waals surface area (Å²) in [6.45, 7) is 4.94. The fraction of sp³-hybridized carbons (Fsp3) is 0.476. The third-order valence-corrected chi connectivity index (χ3v) is 5.81. The van der Waals surface area contributed by atoms with Gasteiger partial charge in [-0.2, -0.15) is 0 Å². The topological polar surface area (TPSA) is 41.6 Å². The minimum Gasteiger partial charge on any atom is -0.484 e. The summed E-state index contributed by atoms with van der Waals surface area (Å²) >= 11 is 1.77. The number of amides is 1. The van der Waals surface area contributed by atoms with Gasteiger partial charge in [0.15, 0.2) is 6.61 Å². The van der Waals surface area contributed by atoms with Gasteiger partial charge in [0.25, 0.3) is 5.91 Å². The molecular weight excluding hydrogens is 380 g/mol. The molecule has 0 bridgehead atoms. The monoisotopic (exact) mass is 408 g/mol. The number of nitrogens with one attached hydrogen (secondary N) is 1. The number of halogens is 1. The van der Waals surface area contributed by atoms with E-state index in [2.05, 4.69) is 27.7 Å². The second-order valence-corrected chi connectivity index (χ2v) is 7.87. The molecule has 0 radical (unpaired) electrons. The van der Waals surface area contributed by atoms with Crippen LogP contribution in [0.5, 0.6) is 5.75 Å². The van der Waals surface area contributed by atoms with Crippen molar-refractivity contribution < 1.29 is 9.53 Å². The molecule has 1 fully saturated rings. The van der Waals surface area contributed by atoms with E-state index in [1.54, 1.807) is 11.3 Å². The van der Waals surface area contributed by atoms with E-state index in [-0.39, 0.29) is 31.0 Å². The first-order valence-corrected chi connectivity index (χ1v) is 10.3. The molecule has 1 aliphatic heterocycles. The summed E-state index contributed by atoms with van der Waals surface area (Å²) in [5.74, 6) is 0.662. The molecule has 1 aromatic carbocycles. The van der Waals surface area contributed by atoms with E-state index >= 15 is 0 Å². The van der Waals surface area contributed by atoms with Crippen LogP contribution in [0.4, 0.5) is 0 Å². The van der Waals surface area contributed by atoms with Gasteiger partial charge in [0.1, 0.15) is 5.75 Å². The van der Waals surface area contributed by atoms with Crippen molar-refractivity contribution in [3.63, 3.8) is 0 Å². The van der Waals surface area contributed by atoms with Crippen LogP contribution in [0.1, 0.15) is 42.2 Å². The number of aryl methyl sites for hydroxylation is 1. The molecule has 27 heavy (non-hydrogen) atoms. The quantitative estimate of drug-likeness (QED) is 0.728. The Morgan fingerprint density at radius 2 is 1.85 bits per heavy atom. The number of thiophene rings is 1. The molecule has 1 aromatic heterocycles. The van der Waals surface area contributed by atoms with E-state index in [1.165, 1.54) is 36.1 Å². The van der Waals surface area contributed by atoms with Crippen molar-refractivity contribution >= 4 is 29.7 Å². The lowest BCUT2D eigenvalue weighted by Crippen LogP contribution is -2.39. The van der Waals surface area contributed by atoms with Crippen molar-refractivity contribution in [2.75, 3.05) is 26.2 Å². The largest absolute Gasteiger partial charge is 0.484 e. The molecule has 1 atom stereocenters. The highest BCUT2D eigenvalue weighted by atomic mass is 35.5. The van der Waals surface area contributed by atoms with Crippen LogP contribution in [0.15, 0.2) is 41.8 Å². The zero-order valence-electron chi connectivity index (χ0n) is 15.9. The third kappa shape index (κ3) is 6.83. The van der Waals surface area contributed by atoms with E-state index < -0.39 is 0 Å². The van der Waals surface area contributed by atoms with Crippen LogP contribution in [-0.2, 0) is 4.79 Å². The molecule has 3 rings (SSSR count). The molecule has 4 nitrogen and oxygen atoms in total. The first-order valence-electron chi connectivity index (χ1n) is 9.46. The van der Waals surface area contributed by atoms with E-state index in [0.717, 1.165) is 18.8 Å². The minimum absolute atomic E-state index is 0. The molecule has 1 aliphatic rings. The van der Waals surface area contributed by atoms with Gasteiger partial charge in [0, 0.05) is 11.4 Å². The molecule has 0 saturated carbocycles. The summed E-state index contributed by atoms with van der Waals surface area (Å²) in [4.78, 5) is 16.1. The van der Waals surface area contributed by atoms with Crippen molar-refractivity contribution in [2.45, 2.75) is 38.6 Å². The first kappa shape index (κ1) is 21.7. The maximum atomic E-state index is 12.3. The summed E-state index contributed by atoms with van der Waals surface area (Å²) < 4.78 is 5.59. The summed E-state index contributed by atoms with van der Waals surface area (Å²) in [5, 5.41) is 5.19. The van der Waals surface area contributed by atoms with Crippen molar-refractivity contribution in [3.8, 4) is 5.75 Å². The maximum Gasteiger partial charge on any atom is 0.258 e. The molecule has 0 spiro atoms. The summed E-state index contributed by atoms with van der Waals surface area (Å²) in [7, 11) is 0. The molecule has 148 valence electrons. The summed E-state index contributed by atoms with van der Waals surface area (Å²) in [6.07, 6.45) is 5.10.